The molecule has 2 rings (SSSR count). The molecule has 24 heavy (non-hydrogen) atoms. The molecule has 0 aliphatic carbocycles. The zero-order valence-electron chi connectivity index (χ0n) is 15.2. The van der Waals surface area contributed by atoms with E-state index in [0.29, 0.717) is 0 Å². The molecular formula is C20H31NOS2. The molecule has 0 spiro atoms. The predicted molar refractivity (Wildman–Crippen MR) is 109 cm³/mol. The largest absolute Gasteiger partial charge is 0.431 e. The second kappa shape index (κ2) is 11.9. The maximum absolute atomic E-state index is 5.78. The molecule has 2 aromatic rings. The van der Waals surface area contributed by atoms with Gasteiger partial charge in [-0.2, -0.15) is 0 Å². The van der Waals surface area contributed by atoms with Crippen LogP contribution in [0, 0.1) is 6.92 Å². The molecule has 1 aromatic carbocycles. The number of benzene rings is 1. The van der Waals surface area contributed by atoms with Gasteiger partial charge in [0.25, 0.3) is 5.22 Å². The highest BCUT2D eigenvalue weighted by Crippen LogP contribution is 2.34. The number of aromatic nitrogens is 1. The highest BCUT2D eigenvalue weighted by atomic mass is 33.1. The SMILES string of the molecule is CCCCCCCCCCCCSSc1nc2c(C)cccc2o1. The number of nitrogens with zero attached hydrogens (tertiary/aromatic N) is 1. The maximum Gasteiger partial charge on any atom is 0.267 e. The lowest BCUT2D eigenvalue weighted by atomic mass is 10.1. The van der Waals surface area contributed by atoms with Crippen molar-refractivity contribution in [2.24, 2.45) is 0 Å². The van der Waals surface area contributed by atoms with E-state index in [0.717, 1.165) is 16.3 Å². The summed E-state index contributed by atoms with van der Waals surface area (Å²) in [5.41, 5.74) is 3.08. The van der Waals surface area contributed by atoms with Gasteiger partial charge in [-0.25, -0.2) is 4.98 Å². The van der Waals surface area contributed by atoms with Gasteiger partial charge in [-0.1, -0.05) is 87.6 Å². The molecule has 0 unspecified atom stereocenters. The van der Waals surface area contributed by atoms with Crippen molar-refractivity contribution in [1.82, 2.24) is 4.98 Å². The maximum atomic E-state index is 5.78. The van der Waals surface area contributed by atoms with Crippen LogP contribution in [-0.2, 0) is 0 Å². The monoisotopic (exact) mass is 365 g/mol. The van der Waals surface area contributed by atoms with Crippen LogP contribution in [0.4, 0.5) is 0 Å². The van der Waals surface area contributed by atoms with Crippen LogP contribution in [0.25, 0.3) is 11.1 Å². The lowest BCUT2D eigenvalue weighted by molar-refractivity contribution is 0.491. The third kappa shape index (κ3) is 7.10. The van der Waals surface area contributed by atoms with Gasteiger partial charge < -0.3 is 4.42 Å². The van der Waals surface area contributed by atoms with Crippen molar-refractivity contribution in [1.29, 1.82) is 0 Å². The van der Waals surface area contributed by atoms with Crippen LogP contribution in [0.15, 0.2) is 27.8 Å². The molecule has 1 heterocycles. The Kier molecular flexibility index (Phi) is 9.74. The first-order valence-corrected chi connectivity index (χ1v) is 11.8. The fraction of sp³-hybridized carbons (Fsp3) is 0.650. The van der Waals surface area contributed by atoms with E-state index >= 15 is 0 Å². The van der Waals surface area contributed by atoms with Gasteiger partial charge in [-0.15, -0.1) is 0 Å². The Morgan fingerprint density at radius 1 is 0.917 bits per heavy atom. The molecule has 0 aliphatic heterocycles. The summed E-state index contributed by atoms with van der Waals surface area (Å²) in [4.78, 5) is 4.58. The zero-order valence-corrected chi connectivity index (χ0v) is 16.8. The molecule has 2 nitrogen and oxygen atoms in total. The number of unbranched alkanes of at least 4 members (excludes halogenated alkanes) is 9. The number of hydrogen-bond donors (Lipinski definition) is 0. The Morgan fingerprint density at radius 2 is 1.58 bits per heavy atom. The zero-order chi connectivity index (χ0) is 17.0. The molecule has 0 saturated carbocycles. The first-order chi connectivity index (χ1) is 11.8. The summed E-state index contributed by atoms with van der Waals surface area (Å²) in [5.74, 6) is 1.18. The third-order valence-electron chi connectivity index (χ3n) is 4.31. The van der Waals surface area contributed by atoms with E-state index in [2.05, 4.69) is 24.9 Å². The summed E-state index contributed by atoms with van der Waals surface area (Å²) in [6.45, 7) is 4.36. The van der Waals surface area contributed by atoms with Gasteiger partial charge in [0, 0.05) is 16.5 Å². The second-order valence-electron chi connectivity index (χ2n) is 6.49. The Balaban J connectivity index is 1.47. The van der Waals surface area contributed by atoms with E-state index in [1.165, 1.54) is 75.5 Å². The van der Waals surface area contributed by atoms with Crippen molar-refractivity contribution in [3.63, 3.8) is 0 Å². The fourth-order valence-corrected chi connectivity index (χ4v) is 4.72. The molecule has 0 saturated heterocycles. The molecule has 0 amide bonds. The predicted octanol–water partition coefficient (Wildman–Crippen LogP) is 7.80. The molecule has 0 atom stereocenters. The third-order valence-corrected chi connectivity index (χ3v) is 6.48. The second-order valence-corrected chi connectivity index (χ2v) is 8.86. The van der Waals surface area contributed by atoms with E-state index in [4.69, 9.17) is 4.42 Å². The van der Waals surface area contributed by atoms with Crippen LogP contribution in [0.3, 0.4) is 0 Å². The van der Waals surface area contributed by atoms with Crippen LogP contribution < -0.4 is 0 Å². The average Bonchev–Trinajstić information content (AvgIpc) is 3.00. The molecule has 0 fully saturated rings. The van der Waals surface area contributed by atoms with Gasteiger partial charge in [0.1, 0.15) is 5.52 Å². The highest BCUT2D eigenvalue weighted by Gasteiger charge is 2.08. The van der Waals surface area contributed by atoms with Gasteiger partial charge in [0.2, 0.25) is 0 Å². The standard InChI is InChI=1S/C20H31NOS2/c1-3-4-5-6-7-8-9-10-11-12-16-23-24-20-21-19-17(2)14-13-15-18(19)22-20/h13-15H,3-12,16H2,1-2H3. The van der Waals surface area contributed by atoms with Crippen LogP contribution in [0.5, 0.6) is 0 Å². The number of fused-ring (bicyclic) bond motifs is 1. The van der Waals surface area contributed by atoms with E-state index in [1.807, 2.05) is 22.9 Å². The van der Waals surface area contributed by atoms with E-state index in [1.54, 1.807) is 10.8 Å². The number of hydrogen-bond acceptors (Lipinski definition) is 4. The molecule has 0 bridgehead atoms. The van der Waals surface area contributed by atoms with Gasteiger partial charge in [0.15, 0.2) is 5.58 Å². The Labute approximate surface area is 155 Å². The minimum Gasteiger partial charge on any atom is -0.431 e. The number of aryl methyl sites for hydroxylation is 1. The highest BCUT2D eigenvalue weighted by molar-refractivity contribution is 8.76. The van der Waals surface area contributed by atoms with Gasteiger partial charge in [-0.05, 0) is 25.0 Å². The van der Waals surface area contributed by atoms with Crippen LogP contribution in [0.1, 0.15) is 76.7 Å². The van der Waals surface area contributed by atoms with Crippen molar-refractivity contribution >= 4 is 32.7 Å². The Morgan fingerprint density at radius 3 is 2.25 bits per heavy atom. The minimum atomic E-state index is 0.788. The summed E-state index contributed by atoms with van der Waals surface area (Å²) < 4.78 is 5.78. The summed E-state index contributed by atoms with van der Waals surface area (Å²) in [5, 5.41) is 0.788. The number of para-hydroxylation sites is 1. The van der Waals surface area contributed by atoms with Gasteiger partial charge in [-0.3, -0.25) is 0 Å². The molecule has 0 N–H and O–H groups in total. The number of rotatable bonds is 13. The molecule has 0 radical (unpaired) electrons. The normalized spacial score (nSPS) is 11.4. The fourth-order valence-electron chi connectivity index (χ4n) is 2.84. The average molecular weight is 366 g/mol. The smallest absolute Gasteiger partial charge is 0.267 e. The van der Waals surface area contributed by atoms with Gasteiger partial charge in [0.05, 0.1) is 0 Å². The lowest BCUT2D eigenvalue weighted by Crippen LogP contribution is -1.83. The lowest BCUT2D eigenvalue weighted by Gasteiger charge is -2.01. The molecule has 1 aromatic heterocycles. The molecule has 0 aliphatic rings. The quantitative estimate of drug-likeness (QED) is 0.267. The first kappa shape index (κ1) is 19.7. The van der Waals surface area contributed by atoms with Crippen molar-refractivity contribution in [3.8, 4) is 0 Å². The minimum absolute atomic E-state index is 0.788. The Hall–Kier alpha value is -0.610. The summed E-state index contributed by atoms with van der Waals surface area (Å²) >= 11 is 0. The first-order valence-electron chi connectivity index (χ1n) is 9.47. The van der Waals surface area contributed by atoms with E-state index < -0.39 is 0 Å². The molecular weight excluding hydrogens is 334 g/mol. The topological polar surface area (TPSA) is 26.0 Å². The van der Waals surface area contributed by atoms with Crippen LogP contribution in [-0.4, -0.2) is 10.7 Å². The van der Waals surface area contributed by atoms with Crippen LogP contribution >= 0.6 is 21.6 Å². The summed E-state index contributed by atoms with van der Waals surface area (Å²) in [6.07, 6.45) is 13.9. The van der Waals surface area contributed by atoms with E-state index in [-0.39, 0.29) is 0 Å². The Bertz CT molecular complexity index is 582. The van der Waals surface area contributed by atoms with Crippen molar-refractivity contribution in [3.05, 3.63) is 23.8 Å². The van der Waals surface area contributed by atoms with Crippen LogP contribution in [0.2, 0.25) is 0 Å². The van der Waals surface area contributed by atoms with E-state index in [9.17, 15) is 0 Å². The molecule has 4 heteroatoms. The summed E-state index contributed by atoms with van der Waals surface area (Å²) in [7, 11) is 3.54. The van der Waals surface area contributed by atoms with Crippen molar-refractivity contribution < 1.29 is 4.42 Å². The summed E-state index contributed by atoms with van der Waals surface area (Å²) in [6, 6.07) is 6.09. The van der Waals surface area contributed by atoms with Crippen molar-refractivity contribution in [2.45, 2.75) is 83.3 Å². The van der Waals surface area contributed by atoms with Gasteiger partial charge >= 0.3 is 0 Å². The van der Waals surface area contributed by atoms with Crippen molar-refractivity contribution in [2.75, 3.05) is 5.75 Å². The molecule has 134 valence electrons. The number of oxazole rings is 1.